The van der Waals surface area contributed by atoms with Gasteiger partial charge in [-0.2, -0.15) is 0 Å². The van der Waals surface area contributed by atoms with Crippen molar-refractivity contribution in [3.63, 3.8) is 0 Å². The van der Waals surface area contributed by atoms with Crippen LogP contribution < -0.4 is 5.32 Å². The lowest BCUT2D eigenvalue weighted by Gasteiger charge is -1.94. The maximum Gasteiger partial charge on any atom is 0.249 e. The summed E-state index contributed by atoms with van der Waals surface area (Å²) >= 11 is 0. The van der Waals surface area contributed by atoms with Gasteiger partial charge in [0.25, 0.3) is 0 Å². The van der Waals surface area contributed by atoms with Gasteiger partial charge in [0.05, 0.1) is 6.26 Å². The SMILES string of the molecule is O=C(C=Cc1cccnc1)Nc1cc(-c2ccco2)on1. The van der Waals surface area contributed by atoms with Gasteiger partial charge in [0.15, 0.2) is 11.6 Å². The molecule has 0 aliphatic carbocycles. The molecule has 0 aliphatic heterocycles. The summed E-state index contributed by atoms with van der Waals surface area (Å²) in [5.41, 5.74) is 0.837. The fraction of sp³-hybridized carbons (Fsp3) is 0. The van der Waals surface area contributed by atoms with Crippen LogP contribution in [0, 0.1) is 0 Å². The van der Waals surface area contributed by atoms with Crippen LogP contribution in [0.4, 0.5) is 5.82 Å². The highest BCUT2D eigenvalue weighted by Crippen LogP contribution is 2.22. The van der Waals surface area contributed by atoms with E-state index >= 15 is 0 Å². The minimum Gasteiger partial charge on any atom is -0.461 e. The number of amides is 1. The first-order valence-corrected chi connectivity index (χ1v) is 6.21. The quantitative estimate of drug-likeness (QED) is 0.743. The number of pyridine rings is 1. The van der Waals surface area contributed by atoms with E-state index in [1.807, 2.05) is 6.07 Å². The van der Waals surface area contributed by atoms with E-state index in [2.05, 4.69) is 15.5 Å². The second-order valence-corrected chi connectivity index (χ2v) is 4.16. The van der Waals surface area contributed by atoms with Crippen molar-refractivity contribution in [1.82, 2.24) is 10.1 Å². The van der Waals surface area contributed by atoms with Crippen molar-refractivity contribution in [2.24, 2.45) is 0 Å². The average molecular weight is 281 g/mol. The Morgan fingerprint density at radius 2 is 2.19 bits per heavy atom. The Hall–Kier alpha value is -3.15. The van der Waals surface area contributed by atoms with E-state index < -0.39 is 0 Å². The molecule has 0 saturated carbocycles. The molecule has 3 aromatic heterocycles. The molecule has 0 spiro atoms. The van der Waals surface area contributed by atoms with Gasteiger partial charge >= 0.3 is 0 Å². The van der Waals surface area contributed by atoms with Crippen molar-refractivity contribution in [3.05, 3.63) is 60.6 Å². The molecule has 0 atom stereocenters. The third-order valence-electron chi connectivity index (χ3n) is 2.64. The zero-order valence-corrected chi connectivity index (χ0v) is 10.9. The molecule has 3 heterocycles. The van der Waals surface area contributed by atoms with Crippen LogP contribution in [0.5, 0.6) is 0 Å². The Labute approximate surface area is 120 Å². The predicted octanol–water partition coefficient (Wildman–Crippen LogP) is 2.98. The lowest BCUT2D eigenvalue weighted by Crippen LogP contribution is -2.07. The smallest absolute Gasteiger partial charge is 0.249 e. The van der Waals surface area contributed by atoms with E-state index in [4.69, 9.17) is 8.94 Å². The summed E-state index contributed by atoms with van der Waals surface area (Å²) in [7, 11) is 0. The molecular formula is C15H11N3O3. The summed E-state index contributed by atoms with van der Waals surface area (Å²) in [4.78, 5) is 15.7. The van der Waals surface area contributed by atoms with Crippen LogP contribution in [0.3, 0.4) is 0 Å². The summed E-state index contributed by atoms with van der Waals surface area (Å²) in [5.74, 6) is 1.01. The van der Waals surface area contributed by atoms with Crippen LogP contribution in [0.2, 0.25) is 0 Å². The molecule has 0 aromatic carbocycles. The van der Waals surface area contributed by atoms with Gasteiger partial charge < -0.3 is 14.3 Å². The van der Waals surface area contributed by atoms with Gasteiger partial charge in [0.1, 0.15) is 0 Å². The molecule has 1 amide bonds. The van der Waals surface area contributed by atoms with Crippen molar-refractivity contribution in [1.29, 1.82) is 0 Å². The number of furan rings is 1. The van der Waals surface area contributed by atoms with Gasteiger partial charge in [-0.15, -0.1) is 0 Å². The first-order valence-electron chi connectivity index (χ1n) is 6.21. The number of anilines is 1. The summed E-state index contributed by atoms with van der Waals surface area (Å²) in [6, 6.07) is 8.72. The Kier molecular flexibility index (Phi) is 3.60. The molecule has 6 heteroatoms. The lowest BCUT2D eigenvalue weighted by atomic mass is 10.2. The predicted molar refractivity (Wildman–Crippen MR) is 76.1 cm³/mol. The first-order chi connectivity index (χ1) is 10.3. The molecule has 104 valence electrons. The van der Waals surface area contributed by atoms with Crippen LogP contribution >= 0.6 is 0 Å². The Balaban J connectivity index is 1.64. The first kappa shape index (κ1) is 12.9. The molecule has 21 heavy (non-hydrogen) atoms. The summed E-state index contributed by atoms with van der Waals surface area (Å²) in [6.45, 7) is 0. The lowest BCUT2D eigenvalue weighted by molar-refractivity contribution is -0.111. The second-order valence-electron chi connectivity index (χ2n) is 4.16. The second kappa shape index (κ2) is 5.87. The fourth-order valence-electron chi connectivity index (χ4n) is 1.68. The summed E-state index contributed by atoms with van der Waals surface area (Å²) < 4.78 is 10.3. The molecular weight excluding hydrogens is 270 g/mol. The molecule has 3 rings (SSSR count). The van der Waals surface area contributed by atoms with E-state index in [1.165, 1.54) is 12.3 Å². The van der Waals surface area contributed by atoms with Gasteiger partial charge in [-0.05, 0) is 29.8 Å². The highest BCUT2D eigenvalue weighted by atomic mass is 16.5. The van der Waals surface area contributed by atoms with E-state index in [1.54, 1.807) is 42.7 Å². The van der Waals surface area contributed by atoms with Crippen LogP contribution in [-0.4, -0.2) is 16.0 Å². The van der Waals surface area contributed by atoms with Crippen molar-refractivity contribution in [3.8, 4) is 11.5 Å². The third-order valence-corrected chi connectivity index (χ3v) is 2.64. The monoisotopic (exact) mass is 281 g/mol. The molecule has 0 radical (unpaired) electrons. The van der Waals surface area contributed by atoms with E-state index in [0.29, 0.717) is 17.3 Å². The highest BCUT2D eigenvalue weighted by Gasteiger charge is 2.09. The minimum absolute atomic E-state index is 0.307. The topological polar surface area (TPSA) is 81.2 Å². The number of nitrogens with one attached hydrogen (secondary N) is 1. The van der Waals surface area contributed by atoms with Crippen LogP contribution in [0.25, 0.3) is 17.6 Å². The Bertz CT molecular complexity index is 746. The minimum atomic E-state index is -0.307. The zero-order valence-electron chi connectivity index (χ0n) is 10.9. The average Bonchev–Trinajstić information content (AvgIpc) is 3.17. The van der Waals surface area contributed by atoms with Crippen molar-refractivity contribution in [2.45, 2.75) is 0 Å². The number of aromatic nitrogens is 2. The number of carbonyl (C=O) groups excluding carboxylic acids is 1. The number of nitrogens with zero attached hydrogens (tertiary/aromatic N) is 2. The molecule has 0 fully saturated rings. The summed E-state index contributed by atoms with van der Waals surface area (Å²) in [6.07, 6.45) is 7.93. The number of hydrogen-bond donors (Lipinski definition) is 1. The number of rotatable bonds is 4. The van der Waals surface area contributed by atoms with Gasteiger partial charge in [0.2, 0.25) is 11.7 Å². The zero-order chi connectivity index (χ0) is 14.5. The van der Waals surface area contributed by atoms with Crippen molar-refractivity contribution >= 4 is 17.8 Å². The molecule has 0 saturated heterocycles. The third kappa shape index (κ3) is 3.24. The van der Waals surface area contributed by atoms with Crippen LogP contribution in [0.15, 0.2) is 64.0 Å². The fourth-order valence-corrected chi connectivity index (χ4v) is 1.68. The van der Waals surface area contributed by atoms with Gasteiger partial charge in [0, 0.05) is 24.5 Å². The molecule has 0 unspecified atom stereocenters. The van der Waals surface area contributed by atoms with Crippen molar-refractivity contribution < 1.29 is 13.7 Å². The van der Waals surface area contributed by atoms with E-state index in [9.17, 15) is 4.79 Å². The summed E-state index contributed by atoms with van der Waals surface area (Å²) in [5, 5.41) is 6.36. The van der Waals surface area contributed by atoms with E-state index in [0.717, 1.165) is 5.56 Å². The Morgan fingerprint density at radius 1 is 1.24 bits per heavy atom. The molecule has 0 bridgehead atoms. The van der Waals surface area contributed by atoms with Gasteiger partial charge in [-0.1, -0.05) is 11.2 Å². The van der Waals surface area contributed by atoms with Gasteiger partial charge in [-0.25, -0.2) is 0 Å². The molecule has 0 aliphatic rings. The normalized spacial score (nSPS) is 10.9. The highest BCUT2D eigenvalue weighted by molar-refractivity contribution is 6.01. The largest absolute Gasteiger partial charge is 0.461 e. The van der Waals surface area contributed by atoms with Crippen molar-refractivity contribution in [2.75, 3.05) is 5.32 Å². The van der Waals surface area contributed by atoms with Crippen LogP contribution in [-0.2, 0) is 4.79 Å². The Morgan fingerprint density at radius 3 is 2.95 bits per heavy atom. The standard InChI is InChI=1S/C15H11N3O3/c19-15(6-5-11-3-1-7-16-10-11)17-14-9-13(21-18-14)12-4-2-8-20-12/h1-10H,(H,17,18,19). The maximum absolute atomic E-state index is 11.8. The number of carbonyl (C=O) groups is 1. The van der Waals surface area contributed by atoms with Gasteiger partial charge in [-0.3, -0.25) is 9.78 Å². The number of hydrogen-bond acceptors (Lipinski definition) is 5. The molecule has 1 N–H and O–H groups in total. The van der Waals surface area contributed by atoms with E-state index in [-0.39, 0.29) is 5.91 Å². The molecule has 6 nitrogen and oxygen atoms in total. The molecule has 3 aromatic rings. The maximum atomic E-state index is 11.8. The van der Waals surface area contributed by atoms with Crippen LogP contribution in [0.1, 0.15) is 5.56 Å².